The van der Waals surface area contributed by atoms with Crippen molar-refractivity contribution in [3.63, 3.8) is 0 Å². The summed E-state index contributed by atoms with van der Waals surface area (Å²) in [5.41, 5.74) is 0. The third-order valence-electron chi connectivity index (χ3n) is 3.54. The summed E-state index contributed by atoms with van der Waals surface area (Å²) in [5, 5.41) is 6.37. The van der Waals surface area contributed by atoms with Crippen LogP contribution >= 0.6 is 24.0 Å². The number of halogens is 1. The number of ether oxygens (including phenoxy) is 1. The summed E-state index contributed by atoms with van der Waals surface area (Å²) in [5.74, 6) is 0.647. The maximum absolute atomic E-state index is 12.5. The summed E-state index contributed by atoms with van der Waals surface area (Å²) in [6.07, 6.45) is 1.55. The highest BCUT2D eigenvalue weighted by Crippen LogP contribution is 2.12. The Kier molecular flexibility index (Phi) is 12.9. The number of benzene rings is 1. The zero-order valence-electron chi connectivity index (χ0n) is 15.2. The van der Waals surface area contributed by atoms with E-state index in [4.69, 9.17) is 4.74 Å². The van der Waals surface area contributed by atoms with Crippen LogP contribution in [0.25, 0.3) is 0 Å². The van der Waals surface area contributed by atoms with Gasteiger partial charge < -0.3 is 15.4 Å². The lowest BCUT2D eigenvalue weighted by Crippen LogP contribution is -2.46. The Morgan fingerprint density at radius 3 is 2.48 bits per heavy atom. The molecule has 25 heavy (non-hydrogen) atoms. The number of rotatable bonds is 10. The average molecular weight is 483 g/mol. The van der Waals surface area contributed by atoms with Crippen molar-refractivity contribution in [3.05, 3.63) is 30.3 Å². The van der Waals surface area contributed by atoms with Crippen LogP contribution in [0, 0.1) is 0 Å². The average Bonchev–Trinajstić information content (AvgIpc) is 2.60. The van der Waals surface area contributed by atoms with Gasteiger partial charge in [0.05, 0.1) is 10.6 Å². The topological polar surface area (TPSA) is 79.8 Å². The Labute approximate surface area is 168 Å². The normalized spacial score (nSPS) is 13.0. The minimum atomic E-state index is -3.32. The molecule has 1 aromatic rings. The second-order valence-electron chi connectivity index (χ2n) is 5.39. The standard InChI is InChI=1S/C17H29N3O3S.HI/c1-4-15(14-24(21,22)16-10-7-6-8-11-16)20-17(18-3)19-12-9-13-23-5-2;/h6-8,10-11,15H,4-5,9,12-14H2,1-3H3,(H2,18,19,20);1H. The van der Waals surface area contributed by atoms with E-state index < -0.39 is 9.84 Å². The summed E-state index contributed by atoms with van der Waals surface area (Å²) in [6.45, 7) is 6.05. The number of aliphatic imine (C=N–C) groups is 1. The number of guanidine groups is 1. The molecular weight excluding hydrogens is 453 g/mol. The molecule has 0 bridgehead atoms. The molecule has 0 radical (unpaired) electrons. The molecule has 0 saturated heterocycles. The van der Waals surface area contributed by atoms with Gasteiger partial charge in [0.15, 0.2) is 15.8 Å². The SMILES string of the molecule is CCOCCCNC(=NC)NC(CC)CS(=O)(=O)c1ccccc1.I. The summed E-state index contributed by atoms with van der Waals surface area (Å²) >= 11 is 0. The van der Waals surface area contributed by atoms with E-state index >= 15 is 0 Å². The third kappa shape index (κ3) is 9.41. The molecule has 0 aliphatic rings. The number of hydrogen-bond donors (Lipinski definition) is 2. The first-order valence-corrected chi connectivity index (χ1v) is 10.0. The van der Waals surface area contributed by atoms with Crippen LogP contribution in [0.4, 0.5) is 0 Å². The van der Waals surface area contributed by atoms with Crippen molar-refractivity contribution < 1.29 is 13.2 Å². The van der Waals surface area contributed by atoms with Crippen LogP contribution in [0.5, 0.6) is 0 Å². The molecule has 0 spiro atoms. The van der Waals surface area contributed by atoms with Crippen molar-refractivity contribution in [2.24, 2.45) is 4.99 Å². The van der Waals surface area contributed by atoms with Crippen molar-refractivity contribution in [3.8, 4) is 0 Å². The summed E-state index contributed by atoms with van der Waals surface area (Å²) in [7, 11) is -1.65. The highest BCUT2D eigenvalue weighted by molar-refractivity contribution is 14.0. The maximum atomic E-state index is 12.5. The van der Waals surface area contributed by atoms with Gasteiger partial charge in [-0.25, -0.2) is 8.42 Å². The molecular formula is C17H30IN3O3S. The van der Waals surface area contributed by atoms with Crippen LogP contribution in [-0.2, 0) is 14.6 Å². The minimum Gasteiger partial charge on any atom is -0.382 e. The summed E-state index contributed by atoms with van der Waals surface area (Å²) < 4.78 is 30.3. The van der Waals surface area contributed by atoms with E-state index in [1.54, 1.807) is 31.3 Å². The van der Waals surface area contributed by atoms with Gasteiger partial charge in [0.25, 0.3) is 0 Å². The van der Waals surface area contributed by atoms with Crippen molar-refractivity contribution in [2.75, 3.05) is 32.6 Å². The maximum Gasteiger partial charge on any atom is 0.191 e. The fourth-order valence-electron chi connectivity index (χ4n) is 2.16. The Morgan fingerprint density at radius 1 is 1.24 bits per heavy atom. The fourth-order valence-corrected chi connectivity index (χ4v) is 3.78. The highest BCUT2D eigenvalue weighted by Gasteiger charge is 2.20. The summed E-state index contributed by atoms with van der Waals surface area (Å²) in [6, 6.07) is 8.34. The van der Waals surface area contributed by atoms with Crippen LogP contribution < -0.4 is 10.6 Å². The van der Waals surface area contributed by atoms with Crippen LogP contribution in [0.15, 0.2) is 40.2 Å². The van der Waals surface area contributed by atoms with Crippen molar-refractivity contribution in [1.29, 1.82) is 0 Å². The van der Waals surface area contributed by atoms with Gasteiger partial charge in [0, 0.05) is 32.8 Å². The fraction of sp³-hybridized carbons (Fsp3) is 0.588. The van der Waals surface area contributed by atoms with Gasteiger partial charge in [-0.05, 0) is 31.9 Å². The first-order valence-electron chi connectivity index (χ1n) is 8.36. The quantitative estimate of drug-likeness (QED) is 0.231. The molecule has 2 N–H and O–H groups in total. The Hall–Kier alpha value is -0.870. The molecule has 1 rings (SSSR count). The van der Waals surface area contributed by atoms with Gasteiger partial charge in [0.2, 0.25) is 0 Å². The van der Waals surface area contributed by atoms with E-state index in [9.17, 15) is 8.42 Å². The van der Waals surface area contributed by atoms with E-state index in [1.165, 1.54) is 0 Å². The van der Waals surface area contributed by atoms with Gasteiger partial charge in [0.1, 0.15) is 0 Å². The number of sulfone groups is 1. The second-order valence-corrected chi connectivity index (χ2v) is 7.43. The smallest absolute Gasteiger partial charge is 0.191 e. The van der Waals surface area contributed by atoms with Crippen LogP contribution in [-0.4, -0.2) is 53.0 Å². The molecule has 0 fully saturated rings. The van der Waals surface area contributed by atoms with Crippen molar-refractivity contribution in [1.82, 2.24) is 10.6 Å². The van der Waals surface area contributed by atoms with Crippen molar-refractivity contribution >= 4 is 39.8 Å². The zero-order chi connectivity index (χ0) is 17.8. The van der Waals surface area contributed by atoms with Crippen LogP contribution in [0.1, 0.15) is 26.7 Å². The van der Waals surface area contributed by atoms with E-state index in [1.807, 2.05) is 19.9 Å². The number of hydrogen-bond acceptors (Lipinski definition) is 4. The first-order chi connectivity index (χ1) is 11.5. The van der Waals surface area contributed by atoms with Gasteiger partial charge in [-0.1, -0.05) is 25.1 Å². The van der Waals surface area contributed by atoms with Gasteiger partial charge in [-0.2, -0.15) is 0 Å². The molecule has 6 nitrogen and oxygen atoms in total. The Bertz CT molecular complexity index is 594. The lowest BCUT2D eigenvalue weighted by atomic mass is 10.3. The Morgan fingerprint density at radius 2 is 1.92 bits per heavy atom. The van der Waals surface area contributed by atoms with Crippen LogP contribution in [0.3, 0.4) is 0 Å². The highest BCUT2D eigenvalue weighted by atomic mass is 127. The second kappa shape index (κ2) is 13.3. The monoisotopic (exact) mass is 483 g/mol. The van der Waals surface area contributed by atoms with Crippen molar-refractivity contribution in [2.45, 2.75) is 37.6 Å². The lowest BCUT2D eigenvalue weighted by Gasteiger charge is -2.20. The number of nitrogens with one attached hydrogen (secondary N) is 2. The molecule has 0 aliphatic heterocycles. The van der Waals surface area contributed by atoms with E-state index in [0.29, 0.717) is 30.5 Å². The molecule has 1 unspecified atom stereocenters. The van der Waals surface area contributed by atoms with Gasteiger partial charge in [-0.15, -0.1) is 24.0 Å². The van der Waals surface area contributed by atoms with Gasteiger partial charge >= 0.3 is 0 Å². The molecule has 0 heterocycles. The van der Waals surface area contributed by atoms with E-state index in [0.717, 1.165) is 13.0 Å². The molecule has 0 aromatic heterocycles. The summed E-state index contributed by atoms with van der Waals surface area (Å²) in [4.78, 5) is 4.51. The molecule has 0 aliphatic carbocycles. The first kappa shape index (κ1) is 24.1. The predicted molar refractivity (Wildman–Crippen MR) is 114 cm³/mol. The zero-order valence-corrected chi connectivity index (χ0v) is 18.3. The largest absolute Gasteiger partial charge is 0.382 e. The molecule has 8 heteroatoms. The van der Waals surface area contributed by atoms with E-state index in [-0.39, 0.29) is 35.8 Å². The Balaban J connectivity index is 0.00000576. The minimum absolute atomic E-state index is 0. The van der Waals surface area contributed by atoms with Gasteiger partial charge in [-0.3, -0.25) is 4.99 Å². The third-order valence-corrected chi connectivity index (χ3v) is 5.37. The van der Waals surface area contributed by atoms with Crippen LogP contribution in [0.2, 0.25) is 0 Å². The predicted octanol–water partition coefficient (Wildman–Crippen LogP) is 2.45. The molecule has 0 amide bonds. The lowest BCUT2D eigenvalue weighted by molar-refractivity contribution is 0.145. The number of nitrogens with zero attached hydrogens (tertiary/aromatic N) is 1. The molecule has 1 atom stereocenters. The molecule has 1 aromatic carbocycles. The van der Waals surface area contributed by atoms with E-state index in [2.05, 4.69) is 15.6 Å². The molecule has 0 saturated carbocycles. The molecule has 144 valence electrons.